The van der Waals surface area contributed by atoms with Crippen LogP contribution in [0.1, 0.15) is 19.4 Å². The summed E-state index contributed by atoms with van der Waals surface area (Å²) < 4.78 is 11.0. The van der Waals surface area contributed by atoms with Gasteiger partial charge in [-0.25, -0.2) is 0 Å². The molecule has 1 amide bonds. The van der Waals surface area contributed by atoms with E-state index in [0.29, 0.717) is 37.8 Å². The van der Waals surface area contributed by atoms with Crippen molar-refractivity contribution in [1.82, 2.24) is 0 Å². The second-order valence-corrected chi connectivity index (χ2v) is 7.20. The van der Waals surface area contributed by atoms with Gasteiger partial charge >= 0.3 is 0 Å². The number of methoxy groups -OCH3 is 1. The lowest BCUT2D eigenvalue weighted by atomic mass is 10.1. The van der Waals surface area contributed by atoms with Crippen molar-refractivity contribution >= 4 is 52.5 Å². The number of amides is 1. The van der Waals surface area contributed by atoms with Crippen LogP contribution in [-0.2, 0) is 4.79 Å². The molecule has 1 N–H and O–H groups in total. The Bertz CT molecular complexity index is 966. The third-order valence-electron chi connectivity index (χ3n) is 3.46. The molecule has 2 aromatic rings. The number of halogens is 3. The van der Waals surface area contributed by atoms with E-state index in [4.69, 9.17) is 44.3 Å². The molecule has 0 aliphatic carbocycles. The standard InChI is InChI=1S/C20H17Cl3N2O3/c1-11(2)28-19-16(23)7-12(8-18(19)27-3)6-13(10-24)20(26)25-17-9-14(21)4-5-15(17)22/h4-9,11H,1-3H3,(H,25,26)/b13-6+. The molecule has 0 heterocycles. The number of rotatable bonds is 6. The first-order valence-corrected chi connectivity index (χ1v) is 9.31. The summed E-state index contributed by atoms with van der Waals surface area (Å²) in [4.78, 5) is 12.5. The molecule has 0 unspecified atom stereocenters. The summed E-state index contributed by atoms with van der Waals surface area (Å²) in [5.74, 6) is 0.150. The molecule has 0 saturated heterocycles. The number of hydrogen-bond donors (Lipinski definition) is 1. The second kappa shape index (κ2) is 9.70. The Labute approximate surface area is 178 Å². The summed E-state index contributed by atoms with van der Waals surface area (Å²) in [6.07, 6.45) is 1.29. The maximum Gasteiger partial charge on any atom is 0.266 e. The van der Waals surface area contributed by atoms with E-state index in [1.54, 1.807) is 24.3 Å². The molecule has 5 nitrogen and oxygen atoms in total. The summed E-state index contributed by atoms with van der Waals surface area (Å²) >= 11 is 18.2. The molecule has 0 aliphatic heterocycles. The number of nitrogens with zero attached hydrogens (tertiary/aromatic N) is 1. The summed E-state index contributed by atoms with van der Waals surface area (Å²) in [6, 6.07) is 9.71. The molecule has 0 aliphatic rings. The average Bonchev–Trinajstić information content (AvgIpc) is 2.64. The zero-order chi connectivity index (χ0) is 20.8. The molecule has 8 heteroatoms. The molecule has 0 radical (unpaired) electrons. The molecule has 2 aromatic carbocycles. The minimum atomic E-state index is -0.635. The molecule has 0 aromatic heterocycles. The van der Waals surface area contributed by atoms with Gasteiger partial charge in [-0.1, -0.05) is 34.8 Å². The monoisotopic (exact) mass is 438 g/mol. The second-order valence-electron chi connectivity index (χ2n) is 5.95. The largest absolute Gasteiger partial charge is 0.493 e. The van der Waals surface area contributed by atoms with Crippen LogP contribution in [0.3, 0.4) is 0 Å². The zero-order valence-electron chi connectivity index (χ0n) is 15.3. The first-order valence-electron chi connectivity index (χ1n) is 8.17. The van der Waals surface area contributed by atoms with Gasteiger partial charge in [-0.05, 0) is 55.8 Å². The highest BCUT2D eigenvalue weighted by molar-refractivity contribution is 6.36. The molecule has 0 fully saturated rings. The summed E-state index contributed by atoms with van der Waals surface area (Å²) in [5.41, 5.74) is 0.658. The lowest BCUT2D eigenvalue weighted by molar-refractivity contribution is -0.112. The normalized spacial score (nSPS) is 11.1. The van der Waals surface area contributed by atoms with E-state index in [1.165, 1.54) is 19.3 Å². The molecule has 0 atom stereocenters. The van der Waals surface area contributed by atoms with Crippen molar-refractivity contribution in [2.45, 2.75) is 20.0 Å². The van der Waals surface area contributed by atoms with E-state index in [9.17, 15) is 10.1 Å². The highest BCUT2D eigenvalue weighted by Gasteiger charge is 2.16. The fourth-order valence-corrected chi connectivity index (χ4v) is 2.87. The van der Waals surface area contributed by atoms with Crippen molar-refractivity contribution in [3.05, 3.63) is 56.5 Å². The van der Waals surface area contributed by atoms with Crippen molar-refractivity contribution in [2.75, 3.05) is 12.4 Å². The Morgan fingerprint density at radius 1 is 1.18 bits per heavy atom. The predicted octanol–water partition coefficient (Wildman–Crippen LogP) is 5.99. The quantitative estimate of drug-likeness (QED) is 0.443. The Morgan fingerprint density at radius 2 is 1.89 bits per heavy atom. The highest BCUT2D eigenvalue weighted by Crippen LogP contribution is 2.37. The van der Waals surface area contributed by atoms with Gasteiger partial charge in [0.15, 0.2) is 11.5 Å². The van der Waals surface area contributed by atoms with Gasteiger partial charge in [-0.3, -0.25) is 4.79 Å². The Morgan fingerprint density at radius 3 is 2.50 bits per heavy atom. The first-order chi connectivity index (χ1) is 13.2. The van der Waals surface area contributed by atoms with Crippen LogP contribution in [-0.4, -0.2) is 19.1 Å². The minimum Gasteiger partial charge on any atom is -0.493 e. The van der Waals surface area contributed by atoms with E-state index in [-0.39, 0.29) is 11.7 Å². The molecule has 0 saturated carbocycles. The van der Waals surface area contributed by atoms with Crippen LogP contribution in [0.2, 0.25) is 15.1 Å². The van der Waals surface area contributed by atoms with Crippen LogP contribution in [0.25, 0.3) is 6.08 Å². The molecular weight excluding hydrogens is 423 g/mol. The highest BCUT2D eigenvalue weighted by atomic mass is 35.5. The van der Waals surface area contributed by atoms with Crippen molar-refractivity contribution in [2.24, 2.45) is 0 Å². The third-order valence-corrected chi connectivity index (χ3v) is 4.30. The number of benzene rings is 2. The maximum atomic E-state index is 12.5. The Kier molecular flexibility index (Phi) is 7.59. The number of ether oxygens (including phenoxy) is 2. The Balaban J connectivity index is 2.35. The van der Waals surface area contributed by atoms with Gasteiger partial charge in [0.25, 0.3) is 5.91 Å². The lowest BCUT2D eigenvalue weighted by Crippen LogP contribution is -2.13. The van der Waals surface area contributed by atoms with E-state index in [2.05, 4.69) is 5.32 Å². The van der Waals surface area contributed by atoms with E-state index >= 15 is 0 Å². The van der Waals surface area contributed by atoms with Crippen LogP contribution in [0.5, 0.6) is 11.5 Å². The van der Waals surface area contributed by atoms with Crippen molar-refractivity contribution < 1.29 is 14.3 Å². The van der Waals surface area contributed by atoms with Crippen LogP contribution >= 0.6 is 34.8 Å². The molecule has 2 rings (SSSR count). The van der Waals surface area contributed by atoms with Crippen LogP contribution in [0, 0.1) is 11.3 Å². The molecule has 146 valence electrons. The van der Waals surface area contributed by atoms with Crippen LogP contribution in [0.4, 0.5) is 5.69 Å². The average molecular weight is 440 g/mol. The van der Waals surface area contributed by atoms with Gasteiger partial charge in [0.1, 0.15) is 11.6 Å². The first kappa shape index (κ1) is 21.9. The van der Waals surface area contributed by atoms with Gasteiger partial charge in [0, 0.05) is 5.02 Å². The van der Waals surface area contributed by atoms with Crippen molar-refractivity contribution in [3.63, 3.8) is 0 Å². The smallest absolute Gasteiger partial charge is 0.266 e. The number of anilines is 1. The Hall–Kier alpha value is -2.39. The fraction of sp³-hybridized carbons (Fsp3) is 0.200. The van der Waals surface area contributed by atoms with Gasteiger partial charge in [0.2, 0.25) is 0 Å². The third kappa shape index (κ3) is 5.56. The number of carbonyl (C=O) groups is 1. The van der Waals surface area contributed by atoms with E-state index in [1.807, 2.05) is 19.9 Å². The van der Waals surface area contributed by atoms with Crippen LogP contribution < -0.4 is 14.8 Å². The molecule has 0 spiro atoms. The lowest BCUT2D eigenvalue weighted by Gasteiger charge is -2.15. The number of hydrogen-bond acceptors (Lipinski definition) is 4. The van der Waals surface area contributed by atoms with E-state index in [0.717, 1.165) is 0 Å². The van der Waals surface area contributed by atoms with Gasteiger partial charge in [-0.15, -0.1) is 0 Å². The fourth-order valence-electron chi connectivity index (χ4n) is 2.27. The predicted molar refractivity (Wildman–Crippen MR) is 112 cm³/mol. The van der Waals surface area contributed by atoms with E-state index < -0.39 is 5.91 Å². The minimum absolute atomic E-state index is 0.101. The topological polar surface area (TPSA) is 71.3 Å². The summed E-state index contributed by atoms with van der Waals surface area (Å²) in [5, 5.41) is 13.0. The van der Waals surface area contributed by atoms with Gasteiger partial charge < -0.3 is 14.8 Å². The summed E-state index contributed by atoms with van der Waals surface area (Å²) in [7, 11) is 1.48. The van der Waals surface area contributed by atoms with Crippen molar-refractivity contribution in [1.29, 1.82) is 5.26 Å². The SMILES string of the molecule is COc1cc(/C=C(\C#N)C(=O)Nc2cc(Cl)ccc2Cl)cc(Cl)c1OC(C)C. The van der Waals surface area contributed by atoms with Crippen LogP contribution in [0.15, 0.2) is 35.9 Å². The van der Waals surface area contributed by atoms with Crippen molar-refractivity contribution in [3.8, 4) is 17.6 Å². The maximum absolute atomic E-state index is 12.5. The molecule has 28 heavy (non-hydrogen) atoms. The molecule has 0 bridgehead atoms. The zero-order valence-corrected chi connectivity index (χ0v) is 17.6. The number of nitriles is 1. The molecular formula is C20H17Cl3N2O3. The van der Waals surface area contributed by atoms with Gasteiger partial charge in [-0.2, -0.15) is 5.26 Å². The summed E-state index contributed by atoms with van der Waals surface area (Å²) in [6.45, 7) is 3.73. The number of nitrogens with one attached hydrogen (secondary N) is 1. The van der Waals surface area contributed by atoms with Gasteiger partial charge in [0.05, 0.1) is 28.9 Å². The number of carbonyl (C=O) groups excluding carboxylic acids is 1.